The van der Waals surface area contributed by atoms with E-state index in [1.807, 2.05) is 55.5 Å². The third kappa shape index (κ3) is 3.07. The third-order valence-electron chi connectivity index (χ3n) is 4.35. The molecule has 0 aliphatic rings. The number of hydrogen-bond donors (Lipinski definition) is 2. The van der Waals surface area contributed by atoms with Gasteiger partial charge < -0.3 is 10.4 Å². The first-order chi connectivity index (χ1) is 12.7. The molecule has 1 atom stereocenters. The first-order valence-corrected chi connectivity index (χ1v) is 8.38. The van der Waals surface area contributed by atoms with Crippen LogP contribution in [0, 0.1) is 6.92 Å². The predicted molar refractivity (Wildman–Crippen MR) is 102 cm³/mol. The fourth-order valence-electron chi connectivity index (χ4n) is 3.03. The Balaban J connectivity index is 1.86. The van der Waals surface area contributed by atoms with Crippen molar-refractivity contribution in [3.63, 3.8) is 0 Å². The lowest BCUT2D eigenvalue weighted by Gasteiger charge is -2.22. The van der Waals surface area contributed by atoms with Gasteiger partial charge >= 0.3 is 0 Å². The van der Waals surface area contributed by atoms with Crippen LogP contribution in [0.5, 0.6) is 5.75 Å². The number of nitrogens with one attached hydrogen (secondary N) is 1. The molecule has 5 heteroatoms. The summed E-state index contributed by atoms with van der Waals surface area (Å²) in [6.45, 7) is 1.92. The van der Waals surface area contributed by atoms with Gasteiger partial charge in [-0.1, -0.05) is 18.2 Å². The molecule has 3 heterocycles. The Kier molecular flexibility index (Phi) is 4.19. The SMILES string of the molecule is Cc1ccc2ccc(C(Nc3ccncc3)c3ccncc3)c(O)c2n1. The quantitative estimate of drug-likeness (QED) is 0.580. The maximum Gasteiger partial charge on any atom is 0.147 e. The zero-order valence-corrected chi connectivity index (χ0v) is 14.3. The van der Waals surface area contributed by atoms with Crippen molar-refractivity contribution < 1.29 is 5.11 Å². The number of aromatic hydroxyl groups is 1. The molecule has 0 fully saturated rings. The number of phenolic OH excluding ortho intramolecular Hbond substituents is 1. The van der Waals surface area contributed by atoms with Gasteiger partial charge in [-0.15, -0.1) is 0 Å². The summed E-state index contributed by atoms with van der Waals surface area (Å²) in [6, 6.07) is 15.3. The summed E-state index contributed by atoms with van der Waals surface area (Å²) < 4.78 is 0. The fraction of sp³-hybridized carbons (Fsp3) is 0.0952. The molecule has 1 unspecified atom stereocenters. The van der Waals surface area contributed by atoms with Crippen molar-refractivity contribution in [2.45, 2.75) is 13.0 Å². The van der Waals surface area contributed by atoms with E-state index in [-0.39, 0.29) is 11.8 Å². The number of anilines is 1. The molecule has 5 nitrogen and oxygen atoms in total. The Morgan fingerprint density at radius 2 is 1.50 bits per heavy atom. The predicted octanol–water partition coefficient (Wildman–Crippen LogP) is 4.24. The van der Waals surface area contributed by atoms with Gasteiger partial charge in [0.25, 0.3) is 0 Å². The fourth-order valence-corrected chi connectivity index (χ4v) is 3.03. The second-order valence-corrected chi connectivity index (χ2v) is 6.12. The molecule has 1 aromatic carbocycles. The number of aromatic nitrogens is 3. The minimum Gasteiger partial charge on any atom is -0.505 e. The first kappa shape index (κ1) is 16.0. The molecule has 0 saturated heterocycles. The van der Waals surface area contributed by atoms with Crippen LogP contribution in [0.3, 0.4) is 0 Å². The summed E-state index contributed by atoms with van der Waals surface area (Å²) in [4.78, 5) is 12.7. The smallest absolute Gasteiger partial charge is 0.147 e. The zero-order chi connectivity index (χ0) is 17.9. The number of hydrogen-bond acceptors (Lipinski definition) is 5. The molecule has 0 amide bonds. The number of aryl methyl sites for hydroxylation is 1. The lowest BCUT2D eigenvalue weighted by Crippen LogP contribution is -2.13. The van der Waals surface area contributed by atoms with Crippen LogP contribution in [0.2, 0.25) is 0 Å². The molecule has 26 heavy (non-hydrogen) atoms. The van der Waals surface area contributed by atoms with Gasteiger partial charge in [0.1, 0.15) is 11.3 Å². The van der Waals surface area contributed by atoms with Gasteiger partial charge in [0.05, 0.1) is 6.04 Å². The van der Waals surface area contributed by atoms with Gasteiger partial charge in [-0.25, -0.2) is 4.98 Å². The summed E-state index contributed by atoms with van der Waals surface area (Å²) >= 11 is 0. The van der Waals surface area contributed by atoms with Gasteiger partial charge in [0, 0.05) is 47.1 Å². The monoisotopic (exact) mass is 342 g/mol. The highest BCUT2D eigenvalue weighted by Crippen LogP contribution is 2.36. The van der Waals surface area contributed by atoms with Crippen molar-refractivity contribution in [2.75, 3.05) is 5.32 Å². The van der Waals surface area contributed by atoms with E-state index in [9.17, 15) is 5.11 Å². The third-order valence-corrected chi connectivity index (χ3v) is 4.35. The average Bonchev–Trinajstić information content (AvgIpc) is 2.69. The van der Waals surface area contributed by atoms with Crippen LogP contribution in [-0.4, -0.2) is 20.1 Å². The van der Waals surface area contributed by atoms with Crippen molar-refractivity contribution in [3.8, 4) is 5.75 Å². The maximum absolute atomic E-state index is 11.0. The van der Waals surface area contributed by atoms with Crippen LogP contribution in [0.4, 0.5) is 5.69 Å². The number of phenols is 1. The molecule has 0 radical (unpaired) electrons. The molecule has 0 saturated carbocycles. The standard InChI is InChI=1S/C21H18N4O/c1-14-2-3-15-4-5-18(21(26)20(15)24-14)19(16-6-10-22-11-7-16)25-17-8-12-23-13-9-17/h2-13,19,26H,1H3,(H,23,25). The first-order valence-electron chi connectivity index (χ1n) is 8.38. The molecule has 4 rings (SSSR count). The number of rotatable bonds is 4. The van der Waals surface area contributed by atoms with Crippen molar-refractivity contribution in [1.29, 1.82) is 0 Å². The van der Waals surface area contributed by atoms with Crippen LogP contribution in [0.15, 0.2) is 73.3 Å². The van der Waals surface area contributed by atoms with E-state index in [0.29, 0.717) is 5.52 Å². The van der Waals surface area contributed by atoms with Crippen LogP contribution in [-0.2, 0) is 0 Å². The highest BCUT2D eigenvalue weighted by molar-refractivity contribution is 5.86. The van der Waals surface area contributed by atoms with Crippen LogP contribution >= 0.6 is 0 Å². The van der Waals surface area contributed by atoms with Crippen molar-refractivity contribution in [1.82, 2.24) is 15.0 Å². The Labute approximate surface area is 151 Å². The molecule has 0 bridgehead atoms. The summed E-state index contributed by atoms with van der Waals surface area (Å²) in [7, 11) is 0. The Morgan fingerprint density at radius 1 is 0.846 bits per heavy atom. The molecule has 3 aromatic heterocycles. The lowest BCUT2D eigenvalue weighted by atomic mass is 9.96. The van der Waals surface area contributed by atoms with Crippen LogP contribution in [0.1, 0.15) is 22.9 Å². The van der Waals surface area contributed by atoms with Crippen LogP contribution in [0.25, 0.3) is 10.9 Å². The molecule has 0 spiro atoms. The van der Waals surface area contributed by atoms with E-state index >= 15 is 0 Å². The highest BCUT2D eigenvalue weighted by atomic mass is 16.3. The summed E-state index contributed by atoms with van der Waals surface area (Å²) in [5.74, 6) is 0.189. The number of fused-ring (bicyclic) bond motifs is 1. The van der Waals surface area contributed by atoms with E-state index in [2.05, 4.69) is 20.3 Å². The Morgan fingerprint density at radius 3 is 2.23 bits per heavy atom. The summed E-state index contributed by atoms with van der Waals surface area (Å²) in [5.41, 5.74) is 4.15. The highest BCUT2D eigenvalue weighted by Gasteiger charge is 2.20. The van der Waals surface area contributed by atoms with Gasteiger partial charge in [0.2, 0.25) is 0 Å². The molecular weight excluding hydrogens is 324 g/mol. The molecule has 128 valence electrons. The van der Waals surface area contributed by atoms with Crippen LogP contribution < -0.4 is 5.32 Å². The number of benzene rings is 1. The maximum atomic E-state index is 11.0. The van der Waals surface area contributed by atoms with E-state index in [1.165, 1.54) is 0 Å². The van der Waals surface area contributed by atoms with E-state index < -0.39 is 0 Å². The Hall–Kier alpha value is -3.47. The van der Waals surface area contributed by atoms with Gasteiger partial charge in [-0.3, -0.25) is 9.97 Å². The molecule has 0 aliphatic carbocycles. The minimum absolute atomic E-state index is 0.189. The second kappa shape index (κ2) is 6.80. The Bertz CT molecular complexity index is 1040. The van der Waals surface area contributed by atoms with Crippen molar-refractivity contribution >= 4 is 16.6 Å². The normalized spacial score (nSPS) is 12.0. The summed E-state index contributed by atoms with van der Waals surface area (Å²) in [5, 5.41) is 15.3. The van der Waals surface area contributed by atoms with E-state index in [4.69, 9.17) is 0 Å². The molecule has 2 N–H and O–H groups in total. The molecule has 0 aliphatic heterocycles. The molecule has 4 aromatic rings. The van der Waals surface area contributed by atoms with Gasteiger partial charge in [-0.2, -0.15) is 0 Å². The van der Waals surface area contributed by atoms with Gasteiger partial charge in [0.15, 0.2) is 0 Å². The number of pyridine rings is 3. The largest absolute Gasteiger partial charge is 0.505 e. The minimum atomic E-state index is -0.243. The second-order valence-electron chi connectivity index (χ2n) is 6.12. The van der Waals surface area contributed by atoms with E-state index in [1.54, 1.807) is 24.8 Å². The van der Waals surface area contributed by atoms with Crippen molar-refractivity contribution in [2.24, 2.45) is 0 Å². The van der Waals surface area contributed by atoms with Gasteiger partial charge in [-0.05, 0) is 42.8 Å². The lowest BCUT2D eigenvalue weighted by molar-refractivity contribution is 0.471. The topological polar surface area (TPSA) is 70.9 Å². The number of nitrogens with zero attached hydrogens (tertiary/aromatic N) is 3. The molecular formula is C21H18N4O. The van der Waals surface area contributed by atoms with E-state index in [0.717, 1.165) is 27.9 Å². The van der Waals surface area contributed by atoms with Crippen molar-refractivity contribution in [3.05, 3.63) is 90.1 Å². The average molecular weight is 342 g/mol. The zero-order valence-electron chi connectivity index (χ0n) is 14.3. The summed E-state index contributed by atoms with van der Waals surface area (Å²) in [6.07, 6.45) is 6.96.